The average molecular weight is 203 g/mol. The lowest BCUT2D eigenvalue weighted by Gasteiger charge is -2.01. The number of terminal acetylenes is 1. The third-order valence-electron chi connectivity index (χ3n) is 1.70. The second-order valence-electron chi connectivity index (χ2n) is 2.87. The standard InChI is InChI=1S/C11H9NO3/c1-2-10(13)12-9-5-3-8(4-6-9)7-11(14)15/h1,3-6H,7H2,(H,12,13)(H,14,15). The maximum atomic E-state index is 10.8. The molecule has 1 aromatic rings. The Morgan fingerprint density at radius 3 is 2.40 bits per heavy atom. The predicted molar refractivity (Wildman–Crippen MR) is 55.2 cm³/mol. The zero-order valence-corrected chi connectivity index (χ0v) is 7.86. The third kappa shape index (κ3) is 3.53. The summed E-state index contributed by atoms with van der Waals surface area (Å²) in [5.74, 6) is 0.496. The fourth-order valence-electron chi connectivity index (χ4n) is 1.05. The van der Waals surface area contributed by atoms with E-state index in [0.717, 1.165) is 0 Å². The van der Waals surface area contributed by atoms with Crippen LogP contribution in [0.4, 0.5) is 5.69 Å². The lowest BCUT2D eigenvalue weighted by atomic mass is 10.1. The van der Waals surface area contributed by atoms with E-state index in [1.165, 1.54) is 0 Å². The molecule has 4 heteroatoms. The van der Waals surface area contributed by atoms with E-state index in [1.54, 1.807) is 24.3 Å². The lowest BCUT2D eigenvalue weighted by molar-refractivity contribution is -0.136. The summed E-state index contributed by atoms with van der Waals surface area (Å²) in [7, 11) is 0. The van der Waals surface area contributed by atoms with Gasteiger partial charge in [-0.2, -0.15) is 0 Å². The van der Waals surface area contributed by atoms with Crippen LogP contribution in [-0.4, -0.2) is 17.0 Å². The SMILES string of the molecule is C#CC(=O)Nc1ccc(CC(=O)O)cc1. The maximum Gasteiger partial charge on any atom is 0.307 e. The largest absolute Gasteiger partial charge is 0.481 e. The predicted octanol–water partition coefficient (Wildman–Crippen LogP) is 0.885. The van der Waals surface area contributed by atoms with Crippen LogP contribution in [0.25, 0.3) is 0 Å². The van der Waals surface area contributed by atoms with E-state index in [2.05, 4.69) is 5.32 Å². The molecule has 76 valence electrons. The average Bonchev–Trinajstić information content (AvgIpc) is 2.20. The number of nitrogens with one attached hydrogen (secondary N) is 1. The van der Waals surface area contributed by atoms with Crippen molar-refractivity contribution in [3.8, 4) is 12.3 Å². The first-order chi connectivity index (χ1) is 7.11. The van der Waals surface area contributed by atoms with Gasteiger partial charge < -0.3 is 10.4 Å². The van der Waals surface area contributed by atoms with Crippen LogP contribution in [-0.2, 0) is 16.0 Å². The number of aliphatic carboxylic acids is 1. The molecule has 0 aliphatic carbocycles. The number of amides is 1. The van der Waals surface area contributed by atoms with E-state index >= 15 is 0 Å². The number of hydrogen-bond donors (Lipinski definition) is 2. The molecule has 0 aromatic heterocycles. The van der Waals surface area contributed by atoms with Crippen LogP contribution in [0, 0.1) is 12.3 Å². The van der Waals surface area contributed by atoms with Crippen molar-refractivity contribution >= 4 is 17.6 Å². The van der Waals surface area contributed by atoms with E-state index in [4.69, 9.17) is 11.5 Å². The maximum absolute atomic E-state index is 10.8. The highest BCUT2D eigenvalue weighted by atomic mass is 16.4. The number of carbonyl (C=O) groups excluding carboxylic acids is 1. The van der Waals surface area contributed by atoms with Gasteiger partial charge in [-0.25, -0.2) is 0 Å². The van der Waals surface area contributed by atoms with Gasteiger partial charge in [-0.3, -0.25) is 9.59 Å². The van der Waals surface area contributed by atoms with Gasteiger partial charge in [0.15, 0.2) is 0 Å². The number of carboxylic acid groups (broad SMARTS) is 1. The summed E-state index contributed by atoms with van der Waals surface area (Å²) < 4.78 is 0. The molecule has 0 fully saturated rings. The number of carboxylic acids is 1. The van der Waals surface area contributed by atoms with Crippen LogP contribution in [0.15, 0.2) is 24.3 Å². The minimum Gasteiger partial charge on any atom is -0.481 e. The second kappa shape index (κ2) is 4.82. The van der Waals surface area contributed by atoms with Crippen molar-refractivity contribution in [1.82, 2.24) is 0 Å². The van der Waals surface area contributed by atoms with Crippen LogP contribution in [0.3, 0.4) is 0 Å². The van der Waals surface area contributed by atoms with Crippen LogP contribution in [0.1, 0.15) is 5.56 Å². The van der Waals surface area contributed by atoms with Gasteiger partial charge in [-0.15, -0.1) is 6.42 Å². The normalized spacial score (nSPS) is 9.00. The minimum absolute atomic E-state index is 0.0383. The van der Waals surface area contributed by atoms with Gasteiger partial charge in [0.2, 0.25) is 0 Å². The molecule has 0 atom stereocenters. The van der Waals surface area contributed by atoms with E-state index in [9.17, 15) is 9.59 Å². The van der Waals surface area contributed by atoms with Crippen molar-refractivity contribution in [2.75, 3.05) is 5.32 Å². The zero-order valence-electron chi connectivity index (χ0n) is 7.86. The Morgan fingerprint density at radius 1 is 1.33 bits per heavy atom. The molecule has 2 N–H and O–H groups in total. The van der Waals surface area contributed by atoms with Crippen molar-refractivity contribution in [3.63, 3.8) is 0 Å². The molecule has 1 aromatic carbocycles. The van der Waals surface area contributed by atoms with Crippen molar-refractivity contribution in [1.29, 1.82) is 0 Å². The third-order valence-corrected chi connectivity index (χ3v) is 1.70. The monoisotopic (exact) mass is 203 g/mol. The summed E-state index contributed by atoms with van der Waals surface area (Å²) in [5.41, 5.74) is 1.22. The Labute approximate surface area is 86.9 Å². The number of hydrogen-bond acceptors (Lipinski definition) is 2. The highest BCUT2D eigenvalue weighted by Crippen LogP contribution is 2.09. The van der Waals surface area contributed by atoms with Crippen molar-refractivity contribution in [3.05, 3.63) is 29.8 Å². The summed E-state index contributed by atoms with van der Waals surface area (Å²) in [6.45, 7) is 0. The Kier molecular flexibility index (Phi) is 3.47. The molecule has 0 saturated carbocycles. The summed E-state index contributed by atoms with van der Waals surface area (Å²) in [6.07, 6.45) is 4.84. The fourth-order valence-corrected chi connectivity index (χ4v) is 1.05. The van der Waals surface area contributed by atoms with Crippen LogP contribution < -0.4 is 5.32 Å². The Balaban J connectivity index is 2.69. The van der Waals surface area contributed by atoms with Crippen molar-refractivity contribution in [2.24, 2.45) is 0 Å². The summed E-state index contributed by atoms with van der Waals surface area (Å²) in [4.78, 5) is 21.2. The zero-order chi connectivity index (χ0) is 11.3. The summed E-state index contributed by atoms with van der Waals surface area (Å²) in [6, 6.07) is 6.46. The van der Waals surface area contributed by atoms with Gasteiger partial charge in [0, 0.05) is 5.69 Å². The van der Waals surface area contributed by atoms with Gasteiger partial charge in [-0.05, 0) is 23.6 Å². The number of rotatable bonds is 3. The summed E-state index contributed by atoms with van der Waals surface area (Å²) >= 11 is 0. The highest BCUT2D eigenvalue weighted by molar-refractivity contribution is 6.03. The highest BCUT2D eigenvalue weighted by Gasteiger charge is 2.01. The first-order valence-electron chi connectivity index (χ1n) is 4.20. The quantitative estimate of drug-likeness (QED) is 0.717. The van der Waals surface area contributed by atoms with Crippen molar-refractivity contribution < 1.29 is 14.7 Å². The Morgan fingerprint density at radius 2 is 1.93 bits per heavy atom. The number of anilines is 1. The van der Waals surface area contributed by atoms with E-state index < -0.39 is 11.9 Å². The molecule has 1 rings (SSSR count). The Bertz CT molecular complexity index is 414. The molecule has 0 aliphatic heterocycles. The molecular weight excluding hydrogens is 194 g/mol. The minimum atomic E-state index is -0.893. The summed E-state index contributed by atoms with van der Waals surface area (Å²) in [5, 5.41) is 11.0. The van der Waals surface area contributed by atoms with Crippen LogP contribution >= 0.6 is 0 Å². The Hall–Kier alpha value is -2.28. The molecule has 1 amide bonds. The van der Waals surface area contributed by atoms with Crippen LogP contribution in [0.2, 0.25) is 0 Å². The first-order valence-corrected chi connectivity index (χ1v) is 4.20. The van der Waals surface area contributed by atoms with Gasteiger partial charge in [0.25, 0.3) is 5.91 Å². The molecule has 0 heterocycles. The molecule has 0 spiro atoms. The molecule has 15 heavy (non-hydrogen) atoms. The smallest absolute Gasteiger partial charge is 0.307 e. The second-order valence-corrected chi connectivity index (χ2v) is 2.87. The van der Waals surface area contributed by atoms with Crippen LogP contribution in [0.5, 0.6) is 0 Å². The lowest BCUT2D eigenvalue weighted by Crippen LogP contribution is -2.08. The van der Waals surface area contributed by atoms with Gasteiger partial charge in [0.05, 0.1) is 6.42 Å². The molecular formula is C11H9NO3. The van der Waals surface area contributed by atoms with E-state index in [-0.39, 0.29) is 6.42 Å². The van der Waals surface area contributed by atoms with Gasteiger partial charge >= 0.3 is 5.97 Å². The molecule has 0 radical (unpaired) electrons. The molecule has 0 aliphatic rings. The topological polar surface area (TPSA) is 66.4 Å². The van der Waals surface area contributed by atoms with E-state index in [1.807, 2.05) is 5.92 Å². The molecule has 0 bridgehead atoms. The number of benzene rings is 1. The first kappa shape index (κ1) is 10.8. The van der Waals surface area contributed by atoms with E-state index in [0.29, 0.717) is 11.3 Å². The van der Waals surface area contributed by atoms with Gasteiger partial charge in [0.1, 0.15) is 0 Å². The molecule has 0 unspecified atom stereocenters. The van der Waals surface area contributed by atoms with Crippen molar-refractivity contribution in [2.45, 2.75) is 6.42 Å². The van der Waals surface area contributed by atoms with Gasteiger partial charge in [-0.1, -0.05) is 12.1 Å². The molecule has 4 nitrogen and oxygen atoms in total. The fraction of sp³-hybridized carbons (Fsp3) is 0.0909. The molecule has 0 saturated heterocycles. The number of carbonyl (C=O) groups is 2.